The molecule has 3 aliphatic heterocycles. The molecule has 0 unspecified atom stereocenters. The van der Waals surface area contributed by atoms with E-state index in [1.165, 1.54) is 20.4 Å². The molecular formula is C53H56F6N8O6. The third-order valence-corrected chi connectivity index (χ3v) is 13.6. The molecule has 14 nitrogen and oxygen atoms in total. The zero-order chi connectivity index (χ0) is 52.0. The van der Waals surface area contributed by atoms with E-state index in [0.717, 1.165) is 19.4 Å². The predicted molar refractivity (Wildman–Crippen MR) is 262 cm³/mol. The molecule has 73 heavy (non-hydrogen) atoms. The molecule has 0 bridgehead atoms. The summed E-state index contributed by atoms with van der Waals surface area (Å²) >= 11 is 0. The zero-order valence-electron chi connectivity index (χ0n) is 41.5. The number of ether oxygens (including phenoxy) is 5. The summed E-state index contributed by atoms with van der Waals surface area (Å²) in [5, 5.41) is 2.63. The molecule has 0 aliphatic carbocycles. The minimum atomic E-state index is -5.21. The van der Waals surface area contributed by atoms with Crippen LogP contribution in [0.2, 0.25) is 0 Å². The third-order valence-electron chi connectivity index (χ3n) is 13.6. The Labute approximate surface area is 418 Å². The van der Waals surface area contributed by atoms with Crippen LogP contribution in [0.15, 0.2) is 72.9 Å². The van der Waals surface area contributed by atoms with Gasteiger partial charge in [-0.2, -0.15) is 23.1 Å². The Morgan fingerprint density at radius 2 is 1.62 bits per heavy atom. The second-order valence-corrected chi connectivity index (χ2v) is 19.6. The van der Waals surface area contributed by atoms with Crippen LogP contribution in [0.1, 0.15) is 80.8 Å². The van der Waals surface area contributed by atoms with Crippen LogP contribution in [0.5, 0.6) is 23.4 Å². The average Bonchev–Trinajstić information content (AvgIpc) is 3.81. The summed E-state index contributed by atoms with van der Waals surface area (Å²) in [4.78, 5) is 36.7. The fourth-order valence-electron chi connectivity index (χ4n) is 10.1. The van der Waals surface area contributed by atoms with Crippen molar-refractivity contribution in [1.29, 1.82) is 0 Å². The van der Waals surface area contributed by atoms with E-state index in [4.69, 9.17) is 28.7 Å². The molecule has 6 heterocycles. The molecule has 3 atom stereocenters. The molecule has 1 N–H and O–H groups in total. The van der Waals surface area contributed by atoms with Crippen molar-refractivity contribution in [2.24, 2.45) is 0 Å². The molecule has 0 radical (unpaired) electrons. The van der Waals surface area contributed by atoms with Crippen LogP contribution in [0, 0.1) is 18.6 Å². The first-order chi connectivity index (χ1) is 34.8. The van der Waals surface area contributed by atoms with Gasteiger partial charge in [-0.25, -0.2) is 27.9 Å². The fourth-order valence-corrected chi connectivity index (χ4v) is 10.1. The van der Waals surface area contributed by atoms with Gasteiger partial charge >= 0.3 is 18.3 Å². The maximum Gasteiger partial charge on any atom is 0.417 e. The number of benzene rings is 3. The Morgan fingerprint density at radius 3 is 2.25 bits per heavy atom. The van der Waals surface area contributed by atoms with Crippen LogP contribution in [0.4, 0.5) is 48.5 Å². The number of anilines is 3. The highest BCUT2D eigenvalue weighted by Gasteiger charge is 2.50. The number of methoxy groups -OCH3 is 2. The van der Waals surface area contributed by atoms with Crippen molar-refractivity contribution in [1.82, 2.24) is 24.8 Å². The van der Waals surface area contributed by atoms with Crippen LogP contribution in [0.25, 0.3) is 22.2 Å². The number of alkyl halides is 4. The van der Waals surface area contributed by atoms with Crippen molar-refractivity contribution >= 4 is 34.3 Å². The topological polar surface area (TPSA) is 137 Å². The van der Waals surface area contributed by atoms with Gasteiger partial charge in [-0.3, -0.25) is 10.2 Å². The molecule has 3 aromatic carbocycles. The minimum Gasteiger partial charge on any atom is -0.497 e. The van der Waals surface area contributed by atoms with E-state index < -0.39 is 75.2 Å². The van der Waals surface area contributed by atoms with Crippen molar-refractivity contribution in [3.05, 3.63) is 112 Å². The van der Waals surface area contributed by atoms with Crippen LogP contribution >= 0.6 is 0 Å². The lowest BCUT2D eigenvalue weighted by molar-refractivity contribution is -0.137. The van der Waals surface area contributed by atoms with Gasteiger partial charge in [-0.15, -0.1) is 0 Å². The maximum atomic E-state index is 18.0. The molecule has 386 valence electrons. The molecule has 0 saturated carbocycles. The average molecular weight is 1020 g/mol. The van der Waals surface area contributed by atoms with E-state index in [9.17, 15) is 9.18 Å². The quantitative estimate of drug-likeness (QED) is 0.104. The largest absolute Gasteiger partial charge is 0.497 e. The lowest BCUT2D eigenvalue weighted by Crippen LogP contribution is -2.43. The smallest absolute Gasteiger partial charge is 0.417 e. The number of carbonyl (C=O) groups is 1. The second kappa shape index (κ2) is 20.1. The van der Waals surface area contributed by atoms with E-state index in [2.05, 4.69) is 20.3 Å². The number of fused-ring (bicyclic) bond motifs is 1. The van der Waals surface area contributed by atoms with Gasteiger partial charge in [-0.05, 0) is 107 Å². The highest BCUT2D eigenvalue weighted by molar-refractivity contribution is 5.98. The number of nitrogens with one attached hydrogen (secondary N) is 1. The van der Waals surface area contributed by atoms with Gasteiger partial charge in [-0.1, -0.05) is 30.3 Å². The number of nitrogens with zero attached hydrogens (tertiary/aromatic N) is 7. The molecule has 2 saturated heterocycles. The summed E-state index contributed by atoms with van der Waals surface area (Å²) in [5.74, 6) is -1.41. The first kappa shape index (κ1) is 50.8. The normalized spacial score (nSPS) is 18.2. The molecule has 9 rings (SSSR count). The van der Waals surface area contributed by atoms with E-state index >= 15 is 22.0 Å². The highest BCUT2D eigenvalue weighted by Crippen LogP contribution is 2.48. The lowest BCUT2D eigenvalue weighted by Gasteiger charge is -2.32. The van der Waals surface area contributed by atoms with E-state index in [-0.39, 0.29) is 80.4 Å². The number of aromatic nitrogens is 4. The first-order valence-corrected chi connectivity index (χ1v) is 23.9. The van der Waals surface area contributed by atoms with Crippen LogP contribution in [0.3, 0.4) is 0 Å². The van der Waals surface area contributed by atoms with Crippen molar-refractivity contribution in [2.45, 2.75) is 96.5 Å². The van der Waals surface area contributed by atoms with Crippen molar-refractivity contribution in [2.75, 3.05) is 62.2 Å². The Bertz CT molecular complexity index is 2960. The van der Waals surface area contributed by atoms with Crippen molar-refractivity contribution < 1.29 is 54.8 Å². The predicted octanol–water partition coefficient (Wildman–Crippen LogP) is 11.2. The first-order valence-electron chi connectivity index (χ1n) is 23.9. The molecule has 3 aromatic heterocycles. The molecule has 0 spiro atoms. The number of amides is 1. The monoisotopic (exact) mass is 1010 g/mol. The standard InChI is InChI=1S/C53H56F6N8O6/c1-30-41(53(57,58)59)38(24-39(42(30)55)65(26-32-11-15-35(69-6)16-12-32)27-33-13-17-36(70-7)18-14-33)44-43(56)45-40-47(64-49(62-45)72-29-52-19-9-21-66(52)28-34(54)25-52)67(22-23-71-48(40)61-44)31(2)37-10-8-20-60-46(37)63-50(68)73-51(3,4)5/h8,10-18,20,24,31,34H,9,19,21-23,25-29H2,1-7H3,(H,60,63,68)/t31-,34-,52+/m1/s1. The number of halogens is 6. The summed E-state index contributed by atoms with van der Waals surface area (Å²) in [7, 11) is 3.02. The Balaban J connectivity index is 1.22. The Kier molecular flexibility index (Phi) is 14.0. The molecular weight excluding hydrogens is 959 g/mol. The van der Waals surface area contributed by atoms with Gasteiger partial charge in [0, 0.05) is 43.4 Å². The van der Waals surface area contributed by atoms with Crippen molar-refractivity contribution in [3.63, 3.8) is 0 Å². The van der Waals surface area contributed by atoms with Gasteiger partial charge in [0.1, 0.15) is 70.5 Å². The van der Waals surface area contributed by atoms with Crippen LogP contribution < -0.4 is 34.1 Å². The number of carbonyl (C=O) groups excluding carboxylic acids is 1. The minimum absolute atomic E-state index is 0.0124. The van der Waals surface area contributed by atoms with Crippen molar-refractivity contribution in [3.8, 4) is 34.6 Å². The summed E-state index contributed by atoms with van der Waals surface area (Å²) in [6.07, 6.45) is -3.93. The SMILES string of the molecule is COc1ccc(CN(Cc2ccc(OC)cc2)c2cc(-c3nc4c5c(nc(OC[C@@]67CCCN6C[C@H](F)C7)nc5c3F)N([C@H](C)c3cccnc3NC(=O)OC(C)(C)C)CCO4)c(C(F)(F)F)c(C)c2F)cc1. The van der Waals surface area contributed by atoms with Gasteiger partial charge < -0.3 is 33.5 Å². The van der Waals surface area contributed by atoms with Gasteiger partial charge in [0.2, 0.25) is 5.88 Å². The van der Waals surface area contributed by atoms with E-state index in [0.29, 0.717) is 41.2 Å². The molecule has 1 amide bonds. The number of pyridine rings is 2. The molecule has 2 fully saturated rings. The van der Waals surface area contributed by atoms with Gasteiger partial charge in [0.25, 0.3) is 0 Å². The summed E-state index contributed by atoms with van der Waals surface area (Å²) in [6, 6.07) is 17.2. The molecule has 6 aromatic rings. The summed E-state index contributed by atoms with van der Waals surface area (Å²) < 4.78 is 125. The Hall–Kier alpha value is -7.09. The third kappa shape index (κ3) is 10.4. The van der Waals surface area contributed by atoms with Gasteiger partial charge in [0.05, 0.1) is 43.6 Å². The van der Waals surface area contributed by atoms with Crippen LogP contribution in [-0.2, 0) is 24.0 Å². The van der Waals surface area contributed by atoms with Gasteiger partial charge in [0.15, 0.2) is 5.82 Å². The number of hydrogen-bond acceptors (Lipinski definition) is 13. The highest BCUT2D eigenvalue weighted by atomic mass is 19.4. The summed E-state index contributed by atoms with van der Waals surface area (Å²) in [5.41, 5.74) is -4.21. The number of rotatable bonds is 14. The zero-order valence-corrected chi connectivity index (χ0v) is 41.5. The van der Waals surface area contributed by atoms with E-state index in [1.54, 1.807) is 98.2 Å². The second-order valence-electron chi connectivity index (χ2n) is 19.6. The summed E-state index contributed by atoms with van der Waals surface area (Å²) in [6.45, 7) is 8.74. The van der Waals surface area contributed by atoms with E-state index in [1.807, 2.05) is 4.90 Å². The van der Waals surface area contributed by atoms with Crippen LogP contribution in [-0.4, -0.2) is 95.3 Å². The fraction of sp³-hybridized carbons (Fsp3) is 0.415. The molecule has 20 heteroatoms. The number of hydrogen-bond donors (Lipinski definition) is 1. The Morgan fingerprint density at radius 1 is 0.945 bits per heavy atom. The lowest BCUT2D eigenvalue weighted by atomic mass is 9.95. The maximum absolute atomic E-state index is 18.0. The molecule has 3 aliphatic rings.